The van der Waals surface area contributed by atoms with Crippen molar-refractivity contribution in [3.8, 4) is 17.2 Å². The number of rotatable bonds is 6. The summed E-state index contributed by atoms with van der Waals surface area (Å²) in [6.45, 7) is 7.79. The maximum atomic E-state index is 5.87. The minimum absolute atomic E-state index is 0.604. The smallest absolute Gasteiger partial charge is 0.134 e. The molecule has 0 saturated heterocycles. The van der Waals surface area contributed by atoms with Gasteiger partial charge in [-0.05, 0) is 137 Å². The highest BCUT2D eigenvalue weighted by Crippen LogP contribution is 2.45. The Balaban J connectivity index is 2.21. The third-order valence-electron chi connectivity index (χ3n) is 4.99. The van der Waals surface area contributed by atoms with E-state index in [2.05, 4.69) is 84.2 Å². The first kappa shape index (κ1) is 21.7. The van der Waals surface area contributed by atoms with E-state index in [0.717, 1.165) is 63.0 Å². The zero-order valence-corrected chi connectivity index (χ0v) is 21.7. The molecule has 0 heterocycles. The van der Waals surface area contributed by atoms with Gasteiger partial charge in [0.05, 0.1) is 33.2 Å². The largest absolute Gasteiger partial charge is 0.493 e. The average molecular weight is 597 g/mol. The van der Waals surface area contributed by atoms with Crippen LogP contribution in [0.3, 0.4) is 0 Å². The number of halogens is 3. The molecule has 0 amide bonds. The van der Waals surface area contributed by atoms with Crippen molar-refractivity contribution >= 4 is 80.1 Å². The van der Waals surface area contributed by atoms with Gasteiger partial charge in [0.1, 0.15) is 17.2 Å². The first-order valence-corrected chi connectivity index (χ1v) is 12.3. The molecule has 4 aromatic carbocycles. The summed E-state index contributed by atoms with van der Waals surface area (Å²) in [5.41, 5.74) is 0. The van der Waals surface area contributed by atoms with Crippen molar-refractivity contribution in [2.45, 2.75) is 20.8 Å². The van der Waals surface area contributed by atoms with Crippen LogP contribution in [0.25, 0.3) is 32.3 Å². The number of fused-ring (bicyclic) bond motifs is 6. The van der Waals surface area contributed by atoms with Crippen molar-refractivity contribution in [3.63, 3.8) is 0 Å². The summed E-state index contributed by atoms with van der Waals surface area (Å²) in [5, 5.41) is 6.78. The molecule has 30 heavy (non-hydrogen) atoms. The van der Waals surface area contributed by atoms with Crippen molar-refractivity contribution in [1.29, 1.82) is 0 Å². The lowest BCUT2D eigenvalue weighted by Crippen LogP contribution is -1.96. The van der Waals surface area contributed by atoms with Gasteiger partial charge in [0.2, 0.25) is 0 Å². The standard InChI is InChI=1S/C24H21Br3O3/c1-4-28-22-10-16-13(7-19(22)25)14-8-20(26)23(29-5-2)11-17(14)18-12-24(30-6-3)21(27)9-15(16)18/h7-12H,4-6H2,1-3H3. The monoisotopic (exact) mass is 594 g/mol. The van der Waals surface area contributed by atoms with E-state index in [0.29, 0.717) is 19.8 Å². The first-order chi connectivity index (χ1) is 14.5. The lowest BCUT2D eigenvalue weighted by Gasteiger charge is -2.17. The number of benzene rings is 4. The molecule has 0 N–H and O–H groups in total. The van der Waals surface area contributed by atoms with E-state index in [1.165, 1.54) is 0 Å². The molecular formula is C24H21Br3O3. The predicted octanol–water partition coefficient (Wildman–Crippen LogP) is 8.63. The predicted molar refractivity (Wildman–Crippen MR) is 136 cm³/mol. The van der Waals surface area contributed by atoms with E-state index in [1.807, 2.05) is 20.8 Å². The van der Waals surface area contributed by atoms with Crippen molar-refractivity contribution in [2.24, 2.45) is 0 Å². The Bertz CT molecular complexity index is 1270. The lowest BCUT2D eigenvalue weighted by atomic mass is 9.94. The summed E-state index contributed by atoms with van der Waals surface area (Å²) in [7, 11) is 0. The second kappa shape index (κ2) is 8.93. The zero-order chi connectivity index (χ0) is 21.4. The van der Waals surface area contributed by atoms with Gasteiger partial charge in [-0.2, -0.15) is 0 Å². The van der Waals surface area contributed by atoms with E-state index in [-0.39, 0.29) is 0 Å². The third-order valence-corrected chi connectivity index (χ3v) is 6.85. The van der Waals surface area contributed by atoms with Crippen LogP contribution in [0.4, 0.5) is 0 Å². The minimum Gasteiger partial charge on any atom is -0.493 e. The van der Waals surface area contributed by atoms with Gasteiger partial charge in [-0.3, -0.25) is 0 Å². The Morgan fingerprint density at radius 2 is 0.700 bits per heavy atom. The topological polar surface area (TPSA) is 27.7 Å². The van der Waals surface area contributed by atoms with Crippen LogP contribution >= 0.6 is 47.8 Å². The first-order valence-electron chi connectivity index (χ1n) is 9.88. The van der Waals surface area contributed by atoms with Crippen LogP contribution < -0.4 is 14.2 Å². The molecule has 0 radical (unpaired) electrons. The van der Waals surface area contributed by atoms with Gasteiger partial charge in [0, 0.05) is 0 Å². The van der Waals surface area contributed by atoms with Crippen LogP contribution in [0.1, 0.15) is 20.8 Å². The zero-order valence-electron chi connectivity index (χ0n) is 16.9. The number of ether oxygens (including phenoxy) is 3. The highest BCUT2D eigenvalue weighted by molar-refractivity contribution is 9.11. The molecular weight excluding hydrogens is 576 g/mol. The van der Waals surface area contributed by atoms with Gasteiger partial charge in [0.15, 0.2) is 0 Å². The van der Waals surface area contributed by atoms with Crippen LogP contribution in [0.2, 0.25) is 0 Å². The molecule has 156 valence electrons. The van der Waals surface area contributed by atoms with Crippen LogP contribution in [0.5, 0.6) is 17.2 Å². The van der Waals surface area contributed by atoms with E-state index in [9.17, 15) is 0 Å². The quantitative estimate of drug-likeness (QED) is 0.209. The summed E-state index contributed by atoms with van der Waals surface area (Å²) in [5.74, 6) is 2.49. The highest BCUT2D eigenvalue weighted by Gasteiger charge is 2.17. The Hall–Kier alpha value is -1.50. The molecule has 6 heteroatoms. The molecule has 0 bridgehead atoms. The highest BCUT2D eigenvalue weighted by atomic mass is 79.9. The number of hydrogen-bond donors (Lipinski definition) is 0. The fourth-order valence-corrected chi connectivity index (χ4v) is 5.17. The average Bonchev–Trinajstić information content (AvgIpc) is 2.72. The van der Waals surface area contributed by atoms with Gasteiger partial charge >= 0.3 is 0 Å². The van der Waals surface area contributed by atoms with E-state index in [1.54, 1.807) is 0 Å². The molecule has 3 nitrogen and oxygen atoms in total. The molecule has 0 aliphatic rings. The SMILES string of the molecule is CCOc1cc2c(cc1Br)c1cc(Br)c(OCC)cc1c1cc(OCC)c(Br)cc21. The molecule has 0 unspecified atom stereocenters. The Morgan fingerprint density at radius 1 is 0.467 bits per heavy atom. The molecule has 0 aromatic heterocycles. The summed E-state index contributed by atoms with van der Waals surface area (Å²) < 4.78 is 20.4. The van der Waals surface area contributed by atoms with Crippen LogP contribution in [0.15, 0.2) is 49.8 Å². The van der Waals surface area contributed by atoms with Crippen molar-refractivity contribution < 1.29 is 14.2 Å². The maximum absolute atomic E-state index is 5.87. The molecule has 0 saturated carbocycles. The molecule has 4 aromatic rings. The third kappa shape index (κ3) is 3.78. The van der Waals surface area contributed by atoms with E-state index in [4.69, 9.17) is 14.2 Å². The second-order valence-electron chi connectivity index (χ2n) is 6.78. The van der Waals surface area contributed by atoms with Crippen molar-refractivity contribution in [2.75, 3.05) is 19.8 Å². The minimum atomic E-state index is 0.604. The fourth-order valence-electron chi connectivity index (χ4n) is 3.80. The molecule has 4 rings (SSSR count). The molecule has 0 aliphatic heterocycles. The molecule has 0 fully saturated rings. The fraction of sp³-hybridized carbons (Fsp3) is 0.250. The number of hydrogen-bond acceptors (Lipinski definition) is 3. The van der Waals surface area contributed by atoms with Crippen LogP contribution in [0, 0.1) is 0 Å². The molecule has 0 atom stereocenters. The van der Waals surface area contributed by atoms with Gasteiger partial charge in [-0.1, -0.05) is 0 Å². The normalized spacial score (nSPS) is 11.4. The Labute approximate surface area is 201 Å². The Morgan fingerprint density at radius 3 is 0.933 bits per heavy atom. The van der Waals surface area contributed by atoms with Crippen LogP contribution in [-0.4, -0.2) is 19.8 Å². The van der Waals surface area contributed by atoms with Crippen molar-refractivity contribution in [1.82, 2.24) is 0 Å². The lowest BCUT2D eigenvalue weighted by molar-refractivity contribution is 0.338. The van der Waals surface area contributed by atoms with Gasteiger partial charge < -0.3 is 14.2 Å². The summed E-state index contributed by atoms with van der Waals surface area (Å²) in [4.78, 5) is 0. The van der Waals surface area contributed by atoms with Gasteiger partial charge in [0.25, 0.3) is 0 Å². The molecule has 0 aliphatic carbocycles. The summed E-state index contributed by atoms with van der Waals surface area (Å²) in [6, 6.07) is 12.7. The Kier molecular flexibility index (Phi) is 6.47. The summed E-state index contributed by atoms with van der Waals surface area (Å²) in [6.07, 6.45) is 0. The summed E-state index contributed by atoms with van der Waals surface area (Å²) >= 11 is 11.1. The van der Waals surface area contributed by atoms with Gasteiger partial charge in [-0.15, -0.1) is 0 Å². The van der Waals surface area contributed by atoms with Gasteiger partial charge in [-0.25, -0.2) is 0 Å². The van der Waals surface area contributed by atoms with E-state index < -0.39 is 0 Å². The molecule has 0 spiro atoms. The van der Waals surface area contributed by atoms with E-state index >= 15 is 0 Å². The maximum Gasteiger partial charge on any atom is 0.134 e. The second-order valence-corrected chi connectivity index (χ2v) is 9.35. The van der Waals surface area contributed by atoms with Crippen LogP contribution in [-0.2, 0) is 0 Å². The van der Waals surface area contributed by atoms with Crippen molar-refractivity contribution in [3.05, 3.63) is 49.8 Å².